The van der Waals surface area contributed by atoms with Gasteiger partial charge in [0.25, 0.3) is 0 Å². The van der Waals surface area contributed by atoms with Crippen LogP contribution in [0, 0.1) is 0 Å². The van der Waals surface area contributed by atoms with Crippen LogP contribution in [0.2, 0.25) is 10.3 Å². The average Bonchev–Trinajstić information content (AvgIpc) is 2.46. The fraction of sp³-hybridized carbons (Fsp3) is 0.143. The first-order valence-electron chi connectivity index (χ1n) is 3.60. The van der Waals surface area contributed by atoms with Crippen LogP contribution in [-0.2, 0) is 0 Å². The monoisotopic (exact) mass is 216 g/mol. The molecule has 0 saturated carbocycles. The molecule has 0 aliphatic rings. The fourth-order valence-electron chi connectivity index (χ4n) is 1.06. The molecule has 0 aliphatic carbocycles. The minimum absolute atomic E-state index is 0.190. The number of pyridine rings is 1. The van der Waals surface area contributed by atoms with E-state index in [9.17, 15) is 0 Å². The number of aromatic nitrogens is 3. The Balaban J connectivity index is 2.75. The molecule has 0 atom stereocenters. The molecule has 1 N–H and O–H groups in total. The molecule has 0 aliphatic heterocycles. The van der Waals surface area contributed by atoms with E-state index in [1.165, 1.54) is 4.52 Å². The van der Waals surface area contributed by atoms with Crippen LogP contribution in [0.5, 0.6) is 0 Å². The van der Waals surface area contributed by atoms with Gasteiger partial charge < -0.3 is 5.32 Å². The summed E-state index contributed by atoms with van der Waals surface area (Å²) in [5.41, 5.74) is 1.42. The Morgan fingerprint density at radius 2 is 2.23 bits per heavy atom. The maximum absolute atomic E-state index is 5.93. The van der Waals surface area contributed by atoms with E-state index < -0.39 is 0 Å². The third-order valence-electron chi connectivity index (χ3n) is 1.65. The van der Waals surface area contributed by atoms with E-state index >= 15 is 0 Å². The Labute approximate surface area is 84.5 Å². The van der Waals surface area contributed by atoms with Crippen LogP contribution >= 0.6 is 23.2 Å². The first-order chi connectivity index (χ1) is 6.20. The number of hydrogen-bond acceptors (Lipinski definition) is 3. The lowest BCUT2D eigenvalue weighted by atomic mass is 10.4. The molecule has 2 aromatic rings. The SMILES string of the molecule is CNc1cc(Cl)c2nc(Cl)nn2c1. The van der Waals surface area contributed by atoms with Crippen LogP contribution in [0.25, 0.3) is 5.65 Å². The molecule has 0 spiro atoms. The van der Waals surface area contributed by atoms with E-state index in [-0.39, 0.29) is 5.28 Å². The Kier molecular flexibility index (Phi) is 2.01. The van der Waals surface area contributed by atoms with E-state index in [1.807, 2.05) is 0 Å². The van der Waals surface area contributed by atoms with Crippen molar-refractivity contribution in [2.45, 2.75) is 0 Å². The van der Waals surface area contributed by atoms with E-state index in [0.717, 1.165) is 5.69 Å². The van der Waals surface area contributed by atoms with Crippen LogP contribution in [0.3, 0.4) is 0 Å². The smallest absolute Gasteiger partial charge is 0.243 e. The molecule has 0 aromatic carbocycles. The Morgan fingerprint density at radius 3 is 2.92 bits per heavy atom. The molecule has 0 saturated heterocycles. The molecule has 4 nitrogen and oxygen atoms in total. The number of anilines is 1. The predicted molar refractivity (Wildman–Crippen MR) is 52.6 cm³/mol. The molecule has 2 aromatic heterocycles. The van der Waals surface area contributed by atoms with Crippen molar-refractivity contribution in [2.24, 2.45) is 0 Å². The molecule has 0 bridgehead atoms. The van der Waals surface area contributed by atoms with Gasteiger partial charge in [0.1, 0.15) is 0 Å². The normalized spacial score (nSPS) is 10.7. The van der Waals surface area contributed by atoms with Crippen molar-refractivity contribution >= 4 is 34.5 Å². The van der Waals surface area contributed by atoms with E-state index in [2.05, 4.69) is 15.4 Å². The second-order valence-corrected chi connectivity index (χ2v) is 3.22. The summed E-state index contributed by atoms with van der Waals surface area (Å²) in [6, 6.07) is 1.77. The molecule has 0 amide bonds. The highest BCUT2D eigenvalue weighted by atomic mass is 35.5. The van der Waals surface area contributed by atoms with Gasteiger partial charge in [0.15, 0.2) is 5.65 Å². The first-order valence-corrected chi connectivity index (χ1v) is 4.35. The molecule has 2 heterocycles. The first kappa shape index (κ1) is 8.59. The third-order valence-corrected chi connectivity index (χ3v) is 2.09. The summed E-state index contributed by atoms with van der Waals surface area (Å²) in [7, 11) is 1.80. The Morgan fingerprint density at radius 1 is 1.46 bits per heavy atom. The number of hydrogen-bond donors (Lipinski definition) is 1. The minimum Gasteiger partial charge on any atom is -0.387 e. The highest BCUT2D eigenvalue weighted by Crippen LogP contribution is 2.21. The van der Waals surface area contributed by atoms with Crippen LogP contribution in [-0.4, -0.2) is 21.6 Å². The highest BCUT2D eigenvalue weighted by Gasteiger charge is 2.06. The van der Waals surface area contributed by atoms with E-state index in [0.29, 0.717) is 10.7 Å². The molecular formula is C7H6Cl2N4. The van der Waals surface area contributed by atoms with Gasteiger partial charge in [0.05, 0.1) is 16.9 Å². The molecule has 0 unspecified atom stereocenters. The summed E-state index contributed by atoms with van der Waals surface area (Å²) < 4.78 is 1.54. The average molecular weight is 217 g/mol. The molecule has 68 valence electrons. The quantitative estimate of drug-likeness (QED) is 0.794. The zero-order valence-electron chi connectivity index (χ0n) is 6.75. The second-order valence-electron chi connectivity index (χ2n) is 2.48. The van der Waals surface area contributed by atoms with Gasteiger partial charge in [0, 0.05) is 7.05 Å². The van der Waals surface area contributed by atoms with Gasteiger partial charge in [-0.1, -0.05) is 11.6 Å². The summed E-state index contributed by atoms with van der Waals surface area (Å²) in [5.74, 6) is 0. The van der Waals surface area contributed by atoms with Gasteiger partial charge in [-0.2, -0.15) is 4.98 Å². The number of nitrogens with zero attached hydrogens (tertiary/aromatic N) is 3. The minimum atomic E-state index is 0.190. The van der Waals surface area contributed by atoms with Gasteiger partial charge in [-0.15, -0.1) is 5.10 Å². The number of nitrogens with one attached hydrogen (secondary N) is 1. The van der Waals surface area contributed by atoms with Gasteiger partial charge in [0.2, 0.25) is 5.28 Å². The lowest BCUT2D eigenvalue weighted by Gasteiger charge is -2.00. The highest BCUT2D eigenvalue weighted by molar-refractivity contribution is 6.34. The van der Waals surface area contributed by atoms with Crippen molar-refractivity contribution in [1.29, 1.82) is 0 Å². The maximum atomic E-state index is 5.93. The summed E-state index contributed by atoms with van der Waals surface area (Å²) in [6.45, 7) is 0. The number of halogens is 2. The maximum Gasteiger partial charge on any atom is 0.243 e. The standard InChI is InChI=1S/C7H6Cl2N4/c1-10-4-2-5(8)6-11-7(9)12-13(6)3-4/h2-3,10H,1H3. The summed E-state index contributed by atoms with van der Waals surface area (Å²) in [5, 5.41) is 7.59. The second kappa shape index (κ2) is 3.05. The molecule has 0 fully saturated rings. The van der Waals surface area contributed by atoms with Crippen molar-refractivity contribution in [1.82, 2.24) is 14.6 Å². The summed E-state index contributed by atoms with van der Waals surface area (Å²) in [4.78, 5) is 3.95. The van der Waals surface area contributed by atoms with Gasteiger partial charge >= 0.3 is 0 Å². The zero-order valence-corrected chi connectivity index (χ0v) is 8.26. The van der Waals surface area contributed by atoms with Crippen molar-refractivity contribution in [3.8, 4) is 0 Å². The topological polar surface area (TPSA) is 42.2 Å². The molecule has 0 radical (unpaired) electrons. The van der Waals surface area contributed by atoms with Crippen LogP contribution in [0.15, 0.2) is 12.3 Å². The predicted octanol–water partition coefficient (Wildman–Crippen LogP) is 2.08. The summed E-state index contributed by atoms with van der Waals surface area (Å²) >= 11 is 11.6. The molecule has 13 heavy (non-hydrogen) atoms. The van der Waals surface area contributed by atoms with Crippen LogP contribution < -0.4 is 5.32 Å². The van der Waals surface area contributed by atoms with Crippen LogP contribution in [0.1, 0.15) is 0 Å². The number of rotatable bonds is 1. The van der Waals surface area contributed by atoms with Crippen LogP contribution in [0.4, 0.5) is 5.69 Å². The lowest BCUT2D eigenvalue weighted by Crippen LogP contribution is -1.93. The molecular weight excluding hydrogens is 211 g/mol. The Hall–Kier alpha value is -1.00. The van der Waals surface area contributed by atoms with Gasteiger partial charge in [-0.05, 0) is 17.7 Å². The van der Waals surface area contributed by atoms with Crippen molar-refractivity contribution in [3.05, 3.63) is 22.6 Å². The number of fused-ring (bicyclic) bond motifs is 1. The molecule has 2 rings (SSSR count). The third kappa shape index (κ3) is 1.43. The van der Waals surface area contributed by atoms with Gasteiger partial charge in [-0.25, -0.2) is 4.52 Å². The largest absolute Gasteiger partial charge is 0.387 e. The lowest BCUT2D eigenvalue weighted by molar-refractivity contribution is 0.962. The van der Waals surface area contributed by atoms with Crippen molar-refractivity contribution in [3.63, 3.8) is 0 Å². The molecule has 6 heteroatoms. The van der Waals surface area contributed by atoms with Gasteiger partial charge in [-0.3, -0.25) is 0 Å². The van der Waals surface area contributed by atoms with Crippen molar-refractivity contribution in [2.75, 3.05) is 12.4 Å². The van der Waals surface area contributed by atoms with Crippen molar-refractivity contribution < 1.29 is 0 Å². The summed E-state index contributed by atoms with van der Waals surface area (Å²) in [6.07, 6.45) is 1.76. The zero-order chi connectivity index (χ0) is 9.42. The van der Waals surface area contributed by atoms with E-state index in [1.54, 1.807) is 19.3 Å². The fourth-order valence-corrected chi connectivity index (χ4v) is 1.46. The van der Waals surface area contributed by atoms with E-state index in [4.69, 9.17) is 23.2 Å². The Bertz CT molecular complexity index is 451.